The molecule has 0 aliphatic heterocycles. The van der Waals surface area contributed by atoms with E-state index >= 15 is 0 Å². The normalized spacial score (nSPS) is 12.1. The van der Waals surface area contributed by atoms with E-state index in [0.717, 1.165) is 38.5 Å². The second-order valence-electron chi connectivity index (χ2n) is 6.89. The molecule has 4 nitrogen and oxygen atoms in total. The second kappa shape index (κ2) is 16.8. The van der Waals surface area contributed by atoms with Crippen molar-refractivity contribution < 1.29 is 14.7 Å². The van der Waals surface area contributed by atoms with Crippen LogP contribution in [0.3, 0.4) is 0 Å². The van der Waals surface area contributed by atoms with E-state index in [1.54, 1.807) is 0 Å². The van der Waals surface area contributed by atoms with Gasteiger partial charge in [-0.05, 0) is 12.8 Å². The zero-order valence-corrected chi connectivity index (χ0v) is 15.9. The van der Waals surface area contributed by atoms with Crippen molar-refractivity contribution in [1.82, 2.24) is 5.32 Å². The number of carbonyl (C=O) groups excluding carboxylic acids is 1. The van der Waals surface area contributed by atoms with E-state index in [1.165, 1.54) is 44.9 Å². The lowest BCUT2D eigenvalue weighted by molar-refractivity contribution is -0.142. The molecule has 0 aliphatic carbocycles. The summed E-state index contributed by atoms with van der Waals surface area (Å²) in [6.45, 7) is 4.35. The number of unbranched alkanes of at least 4 members (excludes halogenated alkanes) is 11. The summed E-state index contributed by atoms with van der Waals surface area (Å²) in [5.41, 5.74) is 0. The van der Waals surface area contributed by atoms with E-state index in [9.17, 15) is 14.7 Å². The summed E-state index contributed by atoms with van der Waals surface area (Å²) >= 11 is 0. The number of carboxylic acid groups (broad SMARTS) is 1. The van der Waals surface area contributed by atoms with Gasteiger partial charge in [0.15, 0.2) is 0 Å². The quantitative estimate of drug-likeness (QED) is 0.346. The SMILES string of the molecule is CCCCCCCCCCCC(=O)NC(CCCCCC)C(=O)O. The average molecular weight is 342 g/mol. The molecule has 0 saturated heterocycles. The maximum absolute atomic E-state index is 11.9. The third-order valence-electron chi connectivity index (χ3n) is 4.49. The van der Waals surface area contributed by atoms with Crippen LogP contribution in [0.2, 0.25) is 0 Å². The highest BCUT2D eigenvalue weighted by molar-refractivity contribution is 5.83. The van der Waals surface area contributed by atoms with Crippen LogP contribution in [0.15, 0.2) is 0 Å². The van der Waals surface area contributed by atoms with Crippen LogP contribution >= 0.6 is 0 Å². The highest BCUT2D eigenvalue weighted by Gasteiger charge is 2.18. The molecule has 0 fully saturated rings. The fraction of sp³-hybridized carbons (Fsp3) is 0.900. The van der Waals surface area contributed by atoms with E-state index in [-0.39, 0.29) is 5.91 Å². The van der Waals surface area contributed by atoms with Crippen molar-refractivity contribution in [3.8, 4) is 0 Å². The van der Waals surface area contributed by atoms with Crippen molar-refractivity contribution in [2.75, 3.05) is 0 Å². The molecule has 24 heavy (non-hydrogen) atoms. The summed E-state index contributed by atoms with van der Waals surface area (Å²) in [7, 11) is 0. The van der Waals surface area contributed by atoms with Gasteiger partial charge in [-0.25, -0.2) is 4.79 Å². The van der Waals surface area contributed by atoms with Crippen molar-refractivity contribution in [1.29, 1.82) is 0 Å². The zero-order valence-electron chi connectivity index (χ0n) is 15.9. The molecule has 0 aromatic rings. The van der Waals surface area contributed by atoms with Crippen LogP contribution < -0.4 is 5.32 Å². The second-order valence-corrected chi connectivity index (χ2v) is 6.89. The average Bonchev–Trinajstić information content (AvgIpc) is 2.56. The van der Waals surface area contributed by atoms with Gasteiger partial charge >= 0.3 is 5.97 Å². The Morgan fingerprint density at radius 3 is 1.71 bits per heavy atom. The molecule has 1 atom stereocenters. The van der Waals surface area contributed by atoms with Crippen molar-refractivity contribution >= 4 is 11.9 Å². The Morgan fingerprint density at radius 2 is 1.21 bits per heavy atom. The van der Waals surface area contributed by atoms with Crippen LogP contribution in [-0.2, 0) is 9.59 Å². The summed E-state index contributed by atoms with van der Waals surface area (Å²) < 4.78 is 0. The highest BCUT2D eigenvalue weighted by Crippen LogP contribution is 2.11. The van der Waals surface area contributed by atoms with Gasteiger partial charge in [-0.1, -0.05) is 90.9 Å². The molecule has 0 saturated carbocycles. The van der Waals surface area contributed by atoms with Gasteiger partial charge in [0.1, 0.15) is 6.04 Å². The largest absolute Gasteiger partial charge is 0.480 e. The maximum Gasteiger partial charge on any atom is 0.326 e. The van der Waals surface area contributed by atoms with Crippen LogP contribution in [0.1, 0.15) is 110 Å². The van der Waals surface area contributed by atoms with Gasteiger partial charge in [0, 0.05) is 6.42 Å². The van der Waals surface area contributed by atoms with Crippen LogP contribution in [0.4, 0.5) is 0 Å². The number of carboxylic acids is 1. The zero-order chi connectivity index (χ0) is 18.0. The third-order valence-corrected chi connectivity index (χ3v) is 4.49. The van der Waals surface area contributed by atoms with Crippen molar-refractivity contribution in [3.63, 3.8) is 0 Å². The van der Waals surface area contributed by atoms with Gasteiger partial charge in [0.2, 0.25) is 5.91 Å². The number of amides is 1. The molecule has 0 radical (unpaired) electrons. The molecule has 0 bridgehead atoms. The van der Waals surface area contributed by atoms with E-state index in [0.29, 0.717) is 12.8 Å². The molecular weight excluding hydrogens is 302 g/mol. The third kappa shape index (κ3) is 14.5. The van der Waals surface area contributed by atoms with Gasteiger partial charge in [-0.15, -0.1) is 0 Å². The Kier molecular flexibility index (Phi) is 16.0. The molecule has 0 aromatic carbocycles. The Morgan fingerprint density at radius 1 is 0.750 bits per heavy atom. The van der Waals surface area contributed by atoms with Gasteiger partial charge in [0.05, 0.1) is 0 Å². The number of hydrogen-bond acceptors (Lipinski definition) is 2. The van der Waals surface area contributed by atoms with Crippen molar-refractivity contribution in [3.05, 3.63) is 0 Å². The van der Waals surface area contributed by atoms with Gasteiger partial charge in [0.25, 0.3) is 0 Å². The van der Waals surface area contributed by atoms with E-state index < -0.39 is 12.0 Å². The van der Waals surface area contributed by atoms with E-state index in [2.05, 4.69) is 19.2 Å². The predicted molar refractivity (Wildman–Crippen MR) is 100 cm³/mol. The summed E-state index contributed by atoms with van der Waals surface area (Å²) in [5, 5.41) is 11.9. The lowest BCUT2D eigenvalue weighted by Gasteiger charge is -2.14. The number of rotatable bonds is 17. The van der Waals surface area contributed by atoms with Crippen LogP contribution in [0, 0.1) is 0 Å². The molecule has 0 heterocycles. The molecule has 0 spiro atoms. The first kappa shape index (κ1) is 22.9. The number of aliphatic carboxylic acids is 1. The van der Waals surface area contributed by atoms with Gasteiger partial charge in [-0.3, -0.25) is 4.79 Å². The fourth-order valence-electron chi connectivity index (χ4n) is 2.90. The molecule has 1 amide bonds. The first-order valence-electron chi connectivity index (χ1n) is 10.1. The number of nitrogens with one attached hydrogen (secondary N) is 1. The Hall–Kier alpha value is -1.06. The summed E-state index contributed by atoms with van der Waals surface area (Å²) in [5.74, 6) is -1.02. The topological polar surface area (TPSA) is 66.4 Å². The van der Waals surface area contributed by atoms with Crippen LogP contribution in [0.25, 0.3) is 0 Å². The minimum atomic E-state index is -0.910. The number of hydrogen-bond donors (Lipinski definition) is 2. The van der Waals surface area contributed by atoms with Crippen molar-refractivity contribution in [2.24, 2.45) is 0 Å². The Balaban J connectivity index is 3.64. The predicted octanol–water partition coefficient (Wildman–Crippen LogP) is 5.45. The lowest BCUT2D eigenvalue weighted by Crippen LogP contribution is -2.40. The molecule has 2 N–H and O–H groups in total. The minimum absolute atomic E-state index is 0.110. The first-order valence-corrected chi connectivity index (χ1v) is 10.1. The Labute approximate surface area is 148 Å². The lowest BCUT2D eigenvalue weighted by atomic mass is 10.1. The first-order chi connectivity index (χ1) is 11.6. The summed E-state index contributed by atoms with van der Waals surface area (Å²) in [4.78, 5) is 23.1. The summed E-state index contributed by atoms with van der Waals surface area (Å²) in [6, 6.07) is -0.715. The standard InChI is InChI=1S/C20H39NO3/c1-3-5-7-9-10-11-12-13-15-17-19(22)21-18(20(23)24)16-14-8-6-4-2/h18H,3-17H2,1-2H3,(H,21,22)(H,23,24). The maximum atomic E-state index is 11.9. The monoisotopic (exact) mass is 341 g/mol. The minimum Gasteiger partial charge on any atom is -0.480 e. The molecule has 0 aromatic heterocycles. The summed E-state index contributed by atoms with van der Waals surface area (Å²) in [6.07, 6.45) is 16.1. The molecule has 1 unspecified atom stereocenters. The van der Waals surface area contributed by atoms with Gasteiger partial charge < -0.3 is 10.4 Å². The highest BCUT2D eigenvalue weighted by atomic mass is 16.4. The van der Waals surface area contributed by atoms with Crippen LogP contribution in [0.5, 0.6) is 0 Å². The van der Waals surface area contributed by atoms with Crippen LogP contribution in [-0.4, -0.2) is 23.0 Å². The smallest absolute Gasteiger partial charge is 0.326 e. The van der Waals surface area contributed by atoms with Crippen molar-refractivity contribution in [2.45, 2.75) is 116 Å². The Bertz CT molecular complexity index is 318. The fourth-order valence-corrected chi connectivity index (χ4v) is 2.90. The molecule has 0 rings (SSSR count). The molecular formula is C20H39NO3. The van der Waals surface area contributed by atoms with E-state index in [1.807, 2.05) is 0 Å². The molecule has 4 heteroatoms. The van der Waals surface area contributed by atoms with E-state index in [4.69, 9.17) is 0 Å². The van der Waals surface area contributed by atoms with Gasteiger partial charge in [-0.2, -0.15) is 0 Å². The number of carbonyl (C=O) groups is 2. The molecule has 142 valence electrons. The molecule has 0 aliphatic rings.